The maximum Gasteiger partial charge on any atom is 0.119 e. The van der Waals surface area contributed by atoms with Gasteiger partial charge >= 0.3 is 0 Å². The molecule has 0 saturated heterocycles. The molecule has 0 bridgehead atoms. The molecule has 5 nitrogen and oxygen atoms in total. The van der Waals surface area contributed by atoms with Crippen molar-refractivity contribution in [2.45, 2.75) is 6.92 Å². The molecule has 0 radical (unpaired) electrons. The number of para-hydroxylation sites is 2. The van der Waals surface area contributed by atoms with Gasteiger partial charge in [0.25, 0.3) is 0 Å². The number of benzene rings is 14. The molecule has 0 aliphatic rings. The molecule has 0 aliphatic carbocycles. The number of rotatable bonds is 14. The first-order valence-corrected chi connectivity index (χ1v) is 28.2. The molecule has 0 heterocycles. The molecule has 396 valence electrons. The lowest BCUT2D eigenvalue weighted by molar-refractivity contribution is 0.415. The van der Waals surface area contributed by atoms with E-state index in [1.165, 1.54) is 37.9 Å². The molecule has 0 amide bonds. The highest BCUT2D eigenvalue weighted by atomic mass is 16.5. The topological polar surface area (TPSA) is 22.2 Å². The fourth-order valence-electron chi connectivity index (χ4n) is 11.8. The van der Waals surface area contributed by atoms with Gasteiger partial charge in [-0.3, -0.25) is 0 Å². The average molecular weight is 1070 g/mol. The van der Waals surface area contributed by atoms with E-state index < -0.39 is 0 Å². The number of aryl methyl sites for hydroxylation is 1. The summed E-state index contributed by atoms with van der Waals surface area (Å²) in [7, 11) is 1.71. The molecule has 0 fully saturated rings. The van der Waals surface area contributed by atoms with E-state index in [-0.39, 0.29) is 0 Å². The smallest absolute Gasteiger partial charge is 0.119 e. The number of hydrogen-bond acceptors (Lipinski definition) is 5. The molecule has 0 spiro atoms. The summed E-state index contributed by atoms with van der Waals surface area (Å²) < 4.78 is 5.55. The van der Waals surface area contributed by atoms with Crippen LogP contribution in [0.3, 0.4) is 0 Å². The molecule has 14 aromatic carbocycles. The van der Waals surface area contributed by atoms with Crippen molar-refractivity contribution in [3.05, 3.63) is 321 Å². The highest BCUT2D eigenvalue weighted by Crippen LogP contribution is 2.45. The van der Waals surface area contributed by atoms with E-state index in [4.69, 9.17) is 4.74 Å². The first-order chi connectivity index (χ1) is 41.0. The van der Waals surface area contributed by atoms with E-state index in [0.717, 1.165) is 95.9 Å². The number of ether oxygens (including phenoxy) is 1. The summed E-state index contributed by atoms with van der Waals surface area (Å²) in [5.74, 6) is 0.846. The molecule has 14 aromatic rings. The summed E-state index contributed by atoms with van der Waals surface area (Å²) in [4.78, 5) is 9.43. The Morgan fingerprint density at radius 1 is 0.229 bits per heavy atom. The molecule has 0 aliphatic heterocycles. The van der Waals surface area contributed by atoms with Gasteiger partial charge in [0.05, 0.1) is 18.5 Å². The Labute approximate surface area is 485 Å². The number of anilines is 12. The summed E-state index contributed by atoms with van der Waals surface area (Å²) >= 11 is 0. The Hall–Kier alpha value is -10.9. The Balaban J connectivity index is 0.803. The predicted molar refractivity (Wildman–Crippen MR) is 352 cm³/mol. The first-order valence-electron chi connectivity index (χ1n) is 28.2. The van der Waals surface area contributed by atoms with Crippen LogP contribution in [0.15, 0.2) is 315 Å². The van der Waals surface area contributed by atoms with Crippen LogP contribution in [0.2, 0.25) is 0 Å². The van der Waals surface area contributed by atoms with Gasteiger partial charge in [-0.05, 0) is 196 Å². The number of hydrogen-bond donors (Lipinski definition) is 0. The minimum absolute atomic E-state index is 0.846. The van der Waals surface area contributed by atoms with E-state index in [1.54, 1.807) is 7.11 Å². The Bertz CT molecular complexity index is 4590. The number of nitrogens with zero attached hydrogens (tertiary/aromatic N) is 4. The Morgan fingerprint density at radius 2 is 0.554 bits per heavy atom. The van der Waals surface area contributed by atoms with Crippen molar-refractivity contribution in [3.8, 4) is 16.9 Å². The highest BCUT2D eigenvalue weighted by molar-refractivity contribution is 6.01. The zero-order valence-corrected chi connectivity index (χ0v) is 46.2. The highest BCUT2D eigenvalue weighted by Gasteiger charge is 2.21. The molecule has 0 atom stereocenters. The van der Waals surface area contributed by atoms with Crippen LogP contribution in [0.25, 0.3) is 54.2 Å². The lowest BCUT2D eigenvalue weighted by Gasteiger charge is -2.29. The lowest BCUT2D eigenvalue weighted by Crippen LogP contribution is -2.12. The van der Waals surface area contributed by atoms with E-state index in [2.05, 4.69) is 336 Å². The second kappa shape index (κ2) is 22.0. The third kappa shape index (κ3) is 9.91. The van der Waals surface area contributed by atoms with Crippen molar-refractivity contribution in [3.63, 3.8) is 0 Å². The third-order valence-corrected chi connectivity index (χ3v) is 15.9. The Kier molecular flexibility index (Phi) is 13.3. The minimum atomic E-state index is 0.846. The predicted octanol–water partition coefficient (Wildman–Crippen LogP) is 22.2. The third-order valence-electron chi connectivity index (χ3n) is 15.9. The van der Waals surface area contributed by atoms with Gasteiger partial charge < -0.3 is 24.3 Å². The number of methoxy groups -OCH3 is 1. The van der Waals surface area contributed by atoms with Crippen molar-refractivity contribution in [2.75, 3.05) is 26.7 Å². The minimum Gasteiger partial charge on any atom is -0.497 e. The summed E-state index contributed by atoms with van der Waals surface area (Å²) in [6, 6.07) is 114. The molecular weight excluding hydrogens is 1010 g/mol. The van der Waals surface area contributed by atoms with E-state index >= 15 is 0 Å². The SMILES string of the molecule is COc1ccc2cc(N(c3ccccc3)c3ccc(N(c4ccc(-c5ccc(N(c6ccc(N(c7ccccc7)c7ccc8cc(C)ccc8c7)cc6)c6cccc7ccccc67)cc5)cc4)c4cccc5ccccc45)cc3)ccc2c1. The monoisotopic (exact) mass is 1070 g/mol. The van der Waals surface area contributed by atoms with E-state index in [0.29, 0.717) is 0 Å². The molecule has 0 unspecified atom stereocenters. The molecule has 0 saturated carbocycles. The quantitative estimate of drug-likeness (QED) is 0.108. The standard InChI is InChI=1S/C78H58N4O/c1-55-27-28-61-52-72(40-33-60(61)51-55)79(64-19-5-3-6-20-64)66-42-46-70(47-43-66)81(77-25-13-17-58-15-9-11-23-75(58)77)68-36-29-56(30-37-68)57-31-38-69(39-32-57)82(78-26-14-18-59-16-10-12-24-76(59)78)71-48-44-67(45-49-71)80(65-21-7-4-8-22-65)73-41-34-63-54-74(83-2)50-35-62(63)53-73/h3-54H,1-2H3. The van der Waals surface area contributed by atoms with Crippen LogP contribution >= 0.6 is 0 Å². The maximum absolute atomic E-state index is 5.55. The van der Waals surface area contributed by atoms with Gasteiger partial charge in [0, 0.05) is 67.6 Å². The van der Waals surface area contributed by atoms with Crippen LogP contribution in [0.1, 0.15) is 5.56 Å². The van der Waals surface area contributed by atoms with E-state index in [9.17, 15) is 0 Å². The molecule has 5 heteroatoms. The molecule has 83 heavy (non-hydrogen) atoms. The molecular formula is C78H58N4O. The summed E-state index contributed by atoms with van der Waals surface area (Å²) in [6.45, 7) is 2.15. The molecule has 0 aromatic heterocycles. The van der Waals surface area contributed by atoms with Crippen LogP contribution < -0.4 is 24.3 Å². The van der Waals surface area contributed by atoms with Crippen molar-refractivity contribution in [2.24, 2.45) is 0 Å². The van der Waals surface area contributed by atoms with Gasteiger partial charge in [-0.2, -0.15) is 0 Å². The fourth-order valence-corrected chi connectivity index (χ4v) is 11.8. The average Bonchev–Trinajstić information content (AvgIpc) is 3.74. The second-order valence-electron chi connectivity index (χ2n) is 21.1. The van der Waals surface area contributed by atoms with Crippen molar-refractivity contribution in [1.82, 2.24) is 0 Å². The van der Waals surface area contributed by atoms with Gasteiger partial charge in [-0.25, -0.2) is 0 Å². The van der Waals surface area contributed by atoms with Crippen LogP contribution in [0, 0.1) is 6.92 Å². The van der Waals surface area contributed by atoms with Crippen molar-refractivity contribution in [1.29, 1.82) is 0 Å². The lowest BCUT2D eigenvalue weighted by atomic mass is 10.0. The van der Waals surface area contributed by atoms with Crippen molar-refractivity contribution < 1.29 is 4.74 Å². The zero-order chi connectivity index (χ0) is 55.6. The zero-order valence-electron chi connectivity index (χ0n) is 46.2. The second-order valence-corrected chi connectivity index (χ2v) is 21.1. The first kappa shape index (κ1) is 50.3. The van der Waals surface area contributed by atoms with Gasteiger partial charge in [-0.1, -0.05) is 175 Å². The summed E-state index contributed by atoms with van der Waals surface area (Å²) in [5, 5.41) is 9.46. The van der Waals surface area contributed by atoms with Gasteiger partial charge in [0.15, 0.2) is 0 Å². The largest absolute Gasteiger partial charge is 0.497 e. The maximum atomic E-state index is 5.55. The van der Waals surface area contributed by atoms with E-state index in [1.807, 2.05) is 6.07 Å². The van der Waals surface area contributed by atoms with Gasteiger partial charge in [-0.15, -0.1) is 0 Å². The van der Waals surface area contributed by atoms with Crippen LogP contribution in [0.4, 0.5) is 68.2 Å². The normalized spacial score (nSPS) is 11.3. The van der Waals surface area contributed by atoms with Crippen LogP contribution in [-0.4, -0.2) is 7.11 Å². The van der Waals surface area contributed by atoms with Gasteiger partial charge in [0.1, 0.15) is 5.75 Å². The fraction of sp³-hybridized carbons (Fsp3) is 0.0256. The van der Waals surface area contributed by atoms with Crippen LogP contribution in [0.5, 0.6) is 5.75 Å². The number of fused-ring (bicyclic) bond motifs is 4. The van der Waals surface area contributed by atoms with Crippen molar-refractivity contribution >= 4 is 111 Å². The van der Waals surface area contributed by atoms with Crippen LogP contribution in [-0.2, 0) is 0 Å². The summed E-state index contributed by atoms with van der Waals surface area (Å²) in [5.41, 5.74) is 16.5. The van der Waals surface area contributed by atoms with Gasteiger partial charge in [0.2, 0.25) is 0 Å². The molecule has 0 N–H and O–H groups in total. The Morgan fingerprint density at radius 3 is 1.00 bits per heavy atom. The molecule has 14 rings (SSSR count). The summed E-state index contributed by atoms with van der Waals surface area (Å²) in [6.07, 6.45) is 0.